The van der Waals surface area contributed by atoms with Gasteiger partial charge in [-0.25, -0.2) is 0 Å². The third-order valence-electron chi connectivity index (χ3n) is 5.02. The summed E-state index contributed by atoms with van der Waals surface area (Å²) >= 11 is 0. The Morgan fingerprint density at radius 1 is 1.00 bits per heavy atom. The molecule has 0 spiro atoms. The predicted molar refractivity (Wildman–Crippen MR) is 83.7 cm³/mol. The lowest BCUT2D eigenvalue weighted by atomic mass is 9.77. The molecule has 1 saturated heterocycles. The molecule has 1 fully saturated rings. The zero-order valence-electron chi connectivity index (χ0n) is 13.3. The maximum atomic E-state index is 6.11. The Morgan fingerprint density at radius 3 is 2.20 bits per heavy atom. The molecular weight excluding hydrogens is 249 g/mol. The van der Waals surface area contributed by atoms with Gasteiger partial charge in [0.1, 0.15) is 0 Å². The molecule has 1 N–H and O–H groups in total. The summed E-state index contributed by atoms with van der Waals surface area (Å²) in [7, 11) is -0.282. The first-order valence-corrected chi connectivity index (χ1v) is 7.36. The van der Waals surface area contributed by atoms with Gasteiger partial charge in [0.05, 0.1) is 11.2 Å². The van der Waals surface area contributed by atoms with E-state index in [4.69, 9.17) is 9.31 Å². The van der Waals surface area contributed by atoms with Gasteiger partial charge in [0.25, 0.3) is 0 Å². The number of rotatable bonds is 1. The Kier molecular flexibility index (Phi) is 2.80. The van der Waals surface area contributed by atoms with Gasteiger partial charge in [-0.05, 0) is 44.8 Å². The first kappa shape index (κ1) is 14.0. The summed E-state index contributed by atoms with van der Waals surface area (Å²) in [6.07, 6.45) is 0. The minimum absolute atomic E-state index is 0.198. The van der Waals surface area contributed by atoms with Crippen LogP contribution >= 0.6 is 0 Å². The van der Waals surface area contributed by atoms with Crippen LogP contribution in [0.15, 0.2) is 18.2 Å². The predicted octanol–water partition coefficient (Wildman–Crippen LogP) is 2.69. The summed E-state index contributed by atoms with van der Waals surface area (Å²) in [5, 5.41) is 3.48. The molecule has 1 aromatic rings. The number of benzene rings is 1. The van der Waals surface area contributed by atoms with Crippen LogP contribution in [0.3, 0.4) is 0 Å². The van der Waals surface area contributed by atoms with Crippen molar-refractivity contribution in [1.29, 1.82) is 0 Å². The second-order valence-corrected chi connectivity index (χ2v) is 7.63. The van der Waals surface area contributed by atoms with Crippen molar-refractivity contribution < 1.29 is 9.31 Å². The molecule has 0 bridgehead atoms. The molecule has 1 aromatic carbocycles. The van der Waals surface area contributed by atoms with Gasteiger partial charge in [0.2, 0.25) is 0 Å². The zero-order valence-corrected chi connectivity index (χ0v) is 13.3. The van der Waals surface area contributed by atoms with Crippen molar-refractivity contribution in [3.63, 3.8) is 0 Å². The molecule has 2 aliphatic rings. The summed E-state index contributed by atoms with van der Waals surface area (Å²) in [5.41, 5.74) is 3.30. The molecule has 0 radical (unpaired) electrons. The van der Waals surface area contributed by atoms with Crippen LogP contribution in [0.25, 0.3) is 0 Å². The number of anilines is 1. The van der Waals surface area contributed by atoms with Gasteiger partial charge in [-0.1, -0.05) is 26.0 Å². The Hall–Kier alpha value is -0.995. The monoisotopic (exact) mass is 273 g/mol. The third-order valence-corrected chi connectivity index (χ3v) is 5.02. The fourth-order valence-electron chi connectivity index (χ4n) is 2.84. The quantitative estimate of drug-likeness (QED) is 0.798. The average Bonchev–Trinajstić information content (AvgIpc) is 2.74. The molecule has 3 rings (SSSR count). The molecular formula is C16H24BNO2. The van der Waals surface area contributed by atoms with E-state index in [9.17, 15) is 0 Å². The van der Waals surface area contributed by atoms with Gasteiger partial charge in [-0.2, -0.15) is 0 Å². The molecule has 0 saturated carbocycles. The molecule has 0 atom stereocenters. The van der Waals surface area contributed by atoms with Gasteiger partial charge < -0.3 is 14.6 Å². The highest BCUT2D eigenvalue weighted by atomic mass is 16.7. The van der Waals surface area contributed by atoms with Crippen LogP contribution in [0.4, 0.5) is 5.69 Å². The van der Waals surface area contributed by atoms with E-state index in [0.717, 1.165) is 12.0 Å². The summed E-state index contributed by atoms with van der Waals surface area (Å²) in [4.78, 5) is 0. The molecule has 0 amide bonds. The first-order chi connectivity index (χ1) is 9.12. The van der Waals surface area contributed by atoms with E-state index in [1.165, 1.54) is 11.3 Å². The molecule has 2 heterocycles. The molecule has 4 heteroatoms. The lowest BCUT2D eigenvalue weighted by molar-refractivity contribution is 0.00578. The number of hydrogen-bond donors (Lipinski definition) is 1. The molecule has 20 heavy (non-hydrogen) atoms. The Balaban J connectivity index is 1.91. The zero-order chi connectivity index (χ0) is 14.8. The molecule has 108 valence electrons. The van der Waals surface area contributed by atoms with Gasteiger partial charge in [-0.3, -0.25) is 0 Å². The Labute approximate surface area is 122 Å². The molecule has 0 aromatic heterocycles. The SMILES string of the molecule is CC1(C)CNc2cc(B3OC(C)(C)C(C)(C)O3)ccc21. The van der Waals surface area contributed by atoms with Crippen LogP contribution in [0.5, 0.6) is 0 Å². The lowest BCUT2D eigenvalue weighted by Crippen LogP contribution is -2.41. The minimum atomic E-state index is -0.288. The van der Waals surface area contributed by atoms with Crippen molar-refractivity contribution in [2.45, 2.75) is 58.2 Å². The van der Waals surface area contributed by atoms with E-state index in [1.54, 1.807) is 0 Å². The summed E-state index contributed by atoms with van der Waals surface area (Å²) in [6.45, 7) is 13.8. The molecule has 0 unspecified atom stereocenters. The molecule has 3 nitrogen and oxygen atoms in total. The lowest BCUT2D eigenvalue weighted by Gasteiger charge is -2.32. The Morgan fingerprint density at radius 2 is 1.60 bits per heavy atom. The summed E-state index contributed by atoms with van der Waals surface area (Å²) in [6, 6.07) is 6.51. The van der Waals surface area contributed by atoms with Crippen LogP contribution in [0.1, 0.15) is 47.1 Å². The Bertz CT molecular complexity index is 535. The highest BCUT2D eigenvalue weighted by Crippen LogP contribution is 2.38. The standard InChI is InChI=1S/C16H24BNO2/c1-14(2)10-18-13-9-11(7-8-12(13)14)17-19-15(3,4)16(5,6)20-17/h7-9,18H,10H2,1-6H3. The van der Waals surface area contributed by atoms with E-state index in [0.29, 0.717) is 0 Å². The van der Waals surface area contributed by atoms with E-state index in [1.807, 2.05) is 0 Å². The van der Waals surface area contributed by atoms with E-state index < -0.39 is 0 Å². The van der Waals surface area contributed by atoms with Gasteiger partial charge in [-0.15, -0.1) is 0 Å². The van der Waals surface area contributed by atoms with Gasteiger partial charge in [0.15, 0.2) is 0 Å². The fourth-order valence-corrected chi connectivity index (χ4v) is 2.84. The largest absolute Gasteiger partial charge is 0.494 e. The van der Waals surface area contributed by atoms with E-state index in [2.05, 4.69) is 65.1 Å². The molecule has 2 aliphatic heterocycles. The van der Waals surface area contributed by atoms with Crippen molar-refractivity contribution in [2.24, 2.45) is 0 Å². The van der Waals surface area contributed by atoms with Gasteiger partial charge >= 0.3 is 7.12 Å². The van der Waals surface area contributed by atoms with Crippen LogP contribution in [-0.4, -0.2) is 24.9 Å². The third kappa shape index (κ3) is 1.97. The number of hydrogen-bond acceptors (Lipinski definition) is 3. The van der Waals surface area contributed by atoms with E-state index in [-0.39, 0.29) is 23.7 Å². The molecule has 0 aliphatic carbocycles. The van der Waals surface area contributed by atoms with Crippen LogP contribution in [0, 0.1) is 0 Å². The van der Waals surface area contributed by atoms with E-state index >= 15 is 0 Å². The maximum Gasteiger partial charge on any atom is 0.494 e. The van der Waals surface area contributed by atoms with Crippen molar-refractivity contribution >= 4 is 18.3 Å². The van der Waals surface area contributed by atoms with Crippen molar-refractivity contribution in [3.05, 3.63) is 23.8 Å². The summed E-state index contributed by atoms with van der Waals surface area (Å²) in [5.74, 6) is 0. The minimum Gasteiger partial charge on any atom is -0.399 e. The van der Waals surface area contributed by atoms with Crippen molar-refractivity contribution in [2.75, 3.05) is 11.9 Å². The van der Waals surface area contributed by atoms with Gasteiger partial charge in [0, 0.05) is 17.6 Å². The highest BCUT2D eigenvalue weighted by Gasteiger charge is 2.51. The average molecular weight is 273 g/mol. The topological polar surface area (TPSA) is 30.5 Å². The second kappa shape index (κ2) is 4.02. The fraction of sp³-hybridized carbons (Fsp3) is 0.625. The summed E-state index contributed by atoms with van der Waals surface area (Å²) < 4.78 is 12.2. The first-order valence-electron chi connectivity index (χ1n) is 7.36. The van der Waals surface area contributed by atoms with Crippen molar-refractivity contribution in [3.8, 4) is 0 Å². The highest BCUT2D eigenvalue weighted by molar-refractivity contribution is 6.62. The number of fused-ring (bicyclic) bond motifs is 1. The normalized spacial score (nSPS) is 25.4. The van der Waals surface area contributed by atoms with Crippen LogP contribution in [0.2, 0.25) is 0 Å². The second-order valence-electron chi connectivity index (χ2n) is 7.63. The maximum absolute atomic E-state index is 6.11. The van der Waals surface area contributed by atoms with Crippen molar-refractivity contribution in [1.82, 2.24) is 0 Å². The van der Waals surface area contributed by atoms with Crippen LogP contribution < -0.4 is 10.8 Å². The number of nitrogens with one attached hydrogen (secondary N) is 1. The van der Waals surface area contributed by atoms with Crippen LogP contribution in [-0.2, 0) is 14.7 Å². The smallest absolute Gasteiger partial charge is 0.399 e.